The van der Waals surface area contributed by atoms with E-state index >= 15 is 0 Å². The molecule has 0 aliphatic rings. The zero-order chi connectivity index (χ0) is 18.8. The van der Waals surface area contributed by atoms with E-state index in [2.05, 4.69) is 74.4 Å². The maximum absolute atomic E-state index is 10.7. The van der Waals surface area contributed by atoms with Gasteiger partial charge in [0.25, 0.3) is 0 Å². The number of aromatic hydroxyl groups is 1. The quantitative estimate of drug-likeness (QED) is 0.390. The van der Waals surface area contributed by atoms with E-state index in [4.69, 9.17) is 0 Å². The SMILES string of the molecule is CC(C)(C)c1cc(C(C)(C)C)c(O)c(C(C)(C)C)c1.[Br-].[Br-].[Ti+3].c1cc[cH-]c1. The summed E-state index contributed by atoms with van der Waals surface area (Å²) < 4.78 is 0. The molecule has 0 spiro atoms. The number of rotatable bonds is 0. The molecule has 0 atom stereocenters. The first kappa shape index (κ1) is 31.7. The van der Waals surface area contributed by atoms with Gasteiger partial charge >= 0.3 is 21.7 Å². The summed E-state index contributed by atoms with van der Waals surface area (Å²) in [6, 6.07) is 14.3. The van der Waals surface area contributed by atoms with E-state index in [0.29, 0.717) is 5.75 Å². The summed E-state index contributed by atoms with van der Waals surface area (Å²) in [4.78, 5) is 0. The molecule has 0 aliphatic heterocycles. The van der Waals surface area contributed by atoms with Gasteiger partial charge in [-0.05, 0) is 32.9 Å². The zero-order valence-electron chi connectivity index (χ0n) is 18.2. The van der Waals surface area contributed by atoms with Gasteiger partial charge in [-0.25, -0.2) is 12.1 Å². The van der Waals surface area contributed by atoms with E-state index in [0.717, 1.165) is 11.1 Å². The van der Waals surface area contributed by atoms with Crippen LogP contribution in [0.3, 0.4) is 0 Å². The number of phenolic OH excluding ortho intramolecular Hbond substituents is 1. The van der Waals surface area contributed by atoms with Crippen LogP contribution in [-0.2, 0) is 38.0 Å². The Morgan fingerprint density at radius 1 is 0.667 bits per heavy atom. The van der Waals surface area contributed by atoms with Gasteiger partial charge in [0.1, 0.15) is 5.75 Å². The zero-order valence-corrected chi connectivity index (χ0v) is 23.0. The predicted octanol–water partition coefficient (Wildman–Crippen LogP) is 0.696. The minimum atomic E-state index is -0.0503. The molecule has 0 unspecified atom stereocenters. The fourth-order valence-electron chi connectivity index (χ4n) is 2.53. The van der Waals surface area contributed by atoms with Gasteiger partial charge in [-0.1, -0.05) is 74.4 Å². The molecule has 151 valence electrons. The Bertz CT molecular complexity index is 590. The maximum Gasteiger partial charge on any atom is 3.00 e. The van der Waals surface area contributed by atoms with Crippen molar-refractivity contribution in [1.82, 2.24) is 0 Å². The second-order valence-corrected chi connectivity index (χ2v) is 9.63. The Balaban J connectivity index is -0.000000625. The van der Waals surface area contributed by atoms with Crippen molar-refractivity contribution in [3.05, 3.63) is 59.2 Å². The molecule has 0 bridgehead atoms. The van der Waals surface area contributed by atoms with Crippen LogP contribution in [0.1, 0.15) is 79.0 Å². The van der Waals surface area contributed by atoms with E-state index in [1.807, 2.05) is 30.3 Å². The normalized spacial score (nSPS) is 11.1. The summed E-state index contributed by atoms with van der Waals surface area (Å²) in [5.41, 5.74) is 3.37. The van der Waals surface area contributed by atoms with Crippen molar-refractivity contribution >= 4 is 0 Å². The molecule has 0 aromatic heterocycles. The molecule has 27 heavy (non-hydrogen) atoms. The largest absolute Gasteiger partial charge is 3.00 e. The Hall–Kier alpha value is 0.0443. The molecular formula is C23H35Br2OTi. The average Bonchev–Trinajstić information content (AvgIpc) is 2.93. The Morgan fingerprint density at radius 3 is 1.19 bits per heavy atom. The molecule has 0 fully saturated rings. The topological polar surface area (TPSA) is 20.2 Å². The van der Waals surface area contributed by atoms with Crippen molar-refractivity contribution in [3.63, 3.8) is 0 Å². The van der Waals surface area contributed by atoms with Gasteiger partial charge in [0.05, 0.1) is 0 Å². The van der Waals surface area contributed by atoms with Gasteiger partial charge in [0.15, 0.2) is 0 Å². The van der Waals surface area contributed by atoms with Gasteiger partial charge in [-0.2, -0.15) is 18.2 Å². The van der Waals surface area contributed by atoms with E-state index < -0.39 is 0 Å². The fourth-order valence-corrected chi connectivity index (χ4v) is 2.53. The molecule has 2 rings (SSSR count). The van der Waals surface area contributed by atoms with E-state index in [-0.39, 0.29) is 71.9 Å². The first-order valence-electron chi connectivity index (χ1n) is 8.79. The van der Waals surface area contributed by atoms with Gasteiger partial charge in [0, 0.05) is 0 Å². The van der Waals surface area contributed by atoms with Crippen molar-refractivity contribution in [1.29, 1.82) is 0 Å². The van der Waals surface area contributed by atoms with Crippen LogP contribution in [0.2, 0.25) is 0 Å². The third-order valence-electron chi connectivity index (χ3n) is 4.15. The van der Waals surface area contributed by atoms with Crippen LogP contribution in [0, 0.1) is 0 Å². The summed E-state index contributed by atoms with van der Waals surface area (Å²) in [5.74, 6) is 0.466. The van der Waals surface area contributed by atoms with Gasteiger partial charge in [0.2, 0.25) is 0 Å². The van der Waals surface area contributed by atoms with E-state index in [9.17, 15) is 5.11 Å². The number of hydrogen-bond donors (Lipinski definition) is 1. The molecule has 0 amide bonds. The van der Waals surface area contributed by atoms with Crippen molar-refractivity contribution < 1.29 is 60.8 Å². The molecule has 2 aromatic carbocycles. The van der Waals surface area contributed by atoms with Gasteiger partial charge in [-0.15, -0.1) is 0 Å². The van der Waals surface area contributed by atoms with Crippen LogP contribution in [-0.4, -0.2) is 5.11 Å². The van der Waals surface area contributed by atoms with Crippen LogP contribution < -0.4 is 34.0 Å². The van der Waals surface area contributed by atoms with Crippen molar-refractivity contribution in [2.45, 2.75) is 78.6 Å². The molecule has 0 saturated carbocycles. The van der Waals surface area contributed by atoms with Crippen molar-refractivity contribution in [2.24, 2.45) is 0 Å². The molecule has 0 heterocycles. The number of benzene rings is 1. The van der Waals surface area contributed by atoms with Crippen LogP contribution in [0.4, 0.5) is 0 Å². The molecule has 0 aliphatic carbocycles. The maximum atomic E-state index is 10.7. The molecular weight excluding hydrogens is 500 g/mol. The van der Waals surface area contributed by atoms with Crippen molar-refractivity contribution in [2.75, 3.05) is 0 Å². The molecule has 4 heteroatoms. The van der Waals surface area contributed by atoms with Crippen molar-refractivity contribution in [3.8, 4) is 5.75 Å². The third kappa shape index (κ3) is 9.88. The summed E-state index contributed by atoms with van der Waals surface area (Å²) >= 11 is 0. The first-order valence-corrected chi connectivity index (χ1v) is 8.79. The molecule has 1 radical (unpaired) electrons. The van der Waals surface area contributed by atoms with Crippen LogP contribution in [0.25, 0.3) is 0 Å². The predicted molar refractivity (Wildman–Crippen MR) is 106 cm³/mol. The number of halogens is 2. The molecule has 0 saturated heterocycles. The fraction of sp³-hybridized carbons (Fsp3) is 0.522. The smallest absolute Gasteiger partial charge is 1.00 e. The van der Waals surface area contributed by atoms with E-state index in [1.54, 1.807) is 0 Å². The number of hydrogen-bond acceptors (Lipinski definition) is 1. The second-order valence-electron chi connectivity index (χ2n) is 9.63. The number of phenols is 1. The Morgan fingerprint density at radius 2 is 1.00 bits per heavy atom. The minimum Gasteiger partial charge on any atom is -1.00 e. The van der Waals surface area contributed by atoms with Crippen LogP contribution in [0.15, 0.2) is 42.5 Å². The molecule has 2 aromatic rings. The Kier molecular flexibility index (Phi) is 14.0. The molecule has 1 nitrogen and oxygen atoms in total. The summed E-state index contributed by atoms with van der Waals surface area (Å²) in [7, 11) is 0. The van der Waals surface area contributed by atoms with Gasteiger partial charge < -0.3 is 39.1 Å². The summed E-state index contributed by atoms with van der Waals surface area (Å²) in [6.45, 7) is 19.6. The van der Waals surface area contributed by atoms with E-state index in [1.165, 1.54) is 5.56 Å². The van der Waals surface area contributed by atoms with Crippen LogP contribution >= 0.6 is 0 Å². The monoisotopic (exact) mass is 533 g/mol. The summed E-state index contributed by atoms with van der Waals surface area (Å²) in [6.07, 6.45) is 0. The first-order chi connectivity index (χ1) is 10.7. The molecule has 1 N–H and O–H groups in total. The second kappa shape index (κ2) is 11.9. The van der Waals surface area contributed by atoms with Crippen LogP contribution in [0.5, 0.6) is 5.75 Å². The minimum absolute atomic E-state index is 0. The Labute approximate surface area is 203 Å². The average molecular weight is 535 g/mol. The van der Waals surface area contributed by atoms with Gasteiger partial charge in [-0.3, -0.25) is 0 Å². The summed E-state index contributed by atoms with van der Waals surface area (Å²) in [5, 5.41) is 10.7. The standard InChI is InChI=1S/C18H30O.C5H5.2BrH.Ti/c1-16(2,3)12-10-13(17(4,5)6)15(19)14(11-12)18(7,8)9;1-2-4-5-3-1;;;/h10-11,19H,1-9H3;1-5H;2*1H;/q;-1;;;+3/p-2. The third-order valence-corrected chi connectivity index (χ3v) is 4.15.